The summed E-state index contributed by atoms with van der Waals surface area (Å²) >= 11 is 7.58. The second-order valence-corrected chi connectivity index (χ2v) is 8.40. The van der Waals surface area contributed by atoms with Crippen LogP contribution < -0.4 is 11.1 Å². The van der Waals surface area contributed by atoms with Gasteiger partial charge in [0.2, 0.25) is 0 Å². The van der Waals surface area contributed by atoms with Gasteiger partial charge < -0.3 is 15.8 Å². The van der Waals surface area contributed by atoms with Crippen LogP contribution in [0.3, 0.4) is 0 Å². The lowest BCUT2D eigenvalue weighted by molar-refractivity contribution is 0.0817. The standard InChI is InChI=1S/C17H20ClN3O2S/c18-12-3-1-2-11(6-12)14(22)20-13-4-5-17-9-23-8-16(17,7-13)10-24-15(19)21-17/h1-3,6,13H,4-5,7-10H2,(H2,19,21)(H,20,22)/t13-,16-,17-/m1/s1. The summed E-state index contributed by atoms with van der Waals surface area (Å²) in [4.78, 5) is 17.3. The van der Waals surface area contributed by atoms with E-state index in [2.05, 4.69) is 5.32 Å². The van der Waals surface area contributed by atoms with Crippen molar-refractivity contribution in [3.05, 3.63) is 34.9 Å². The van der Waals surface area contributed by atoms with Gasteiger partial charge in [-0.15, -0.1) is 0 Å². The molecule has 1 aromatic rings. The molecule has 5 nitrogen and oxygen atoms in total. The molecule has 24 heavy (non-hydrogen) atoms. The molecular weight excluding hydrogens is 346 g/mol. The van der Waals surface area contributed by atoms with Crippen molar-refractivity contribution in [3.63, 3.8) is 0 Å². The van der Waals surface area contributed by atoms with Gasteiger partial charge in [-0.05, 0) is 37.5 Å². The molecule has 3 atom stereocenters. The molecule has 2 fully saturated rings. The number of nitrogens with one attached hydrogen (secondary N) is 1. The summed E-state index contributed by atoms with van der Waals surface area (Å²) in [6.07, 6.45) is 2.66. The van der Waals surface area contributed by atoms with Crippen LogP contribution in [0, 0.1) is 5.41 Å². The third-order valence-electron chi connectivity index (χ3n) is 5.49. The maximum atomic E-state index is 12.5. The van der Waals surface area contributed by atoms with Gasteiger partial charge in [0.15, 0.2) is 5.17 Å². The molecule has 0 bridgehead atoms. The van der Waals surface area contributed by atoms with Gasteiger partial charge in [0.05, 0.1) is 18.8 Å². The summed E-state index contributed by atoms with van der Waals surface area (Å²) in [6.45, 7) is 1.34. The van der Waals surface area contributed by atoms with Crippen LogP contribution in [0.4, 0.5) is 0 Å². The summed E-state index contributed by atoms with van der Waals surface area (Å²) < 4.78 is 5.82. The molecule has 0 unspecified atom stereocenters. The Morgan fingerprint density at radius 3 is 3.17 bits per heavy atom. The highest BCUT2D eigenvalue weighted by atomic mass is 35.5. The number of rotatable bonds is 2. The van der Waals surface area contributed by atoms with E-state index >= 15 is 0 Å². The van der Waals surface area contributed by atoms with Crippen molar-refractivity contribution in [2.24, 2.45) is 16.1 Å². The molecule has 2 heterocycles. The topological polar surface area (TPSA) is 76.7 Å². The number of hydrogen-bond acceptors (Lipinski definition) is 5. The van der Waals surface area contributed by atoms with E-state index in [0.717, 1.165) is 25.0 Å². The van der Waals surface area contributed by atoms with Crippen LogP contribution in [0.2, 0.25) is 5.02 Å². The quantitative estimate of drug-likeness (QED) is 0.843. The molecule has 1 aromatic carbocycles. The minimum atomic E-state index is -0.195. The highest BCUT2D eigenvalue weighted by Gasteiger charge is 2.60. The fourth-order valence-electron chi connectivity index (χ4n) is 4.19. The molecule has 7 heteroatoms. The number of carbonyl (C=O) groups excluding carboxylic acids is 1. The number of halogens is 1. The fourth-order valence-corrected chi connectivity index (χ4v) is 5.52. The smallest absolute Gasteiger partial charge is 0.251 e. The van der Waals surface area contributed by atoms with E-state index in [1.165, 1.54) is 0 Å². The molecule has 1 saturated carbocycles. The first-order valence-electron chi connectivity index (χ1n) is 8.14. The van der Waals surface area contributed by atoms with Crippen LogP contribution in [0.25, 0.3) is 0 Å². The van der Waals surface area contributed by atoms with Crippen LogP contribution in [-0.2, 0) is 4.74 Å². The Hall–Kier alpha value is -1.24. The molecule has 4 rings (SSSR count). The van der Waals surface area contributed by atoms with Gasteiger partial charge in [-0.3, -0.25) is 9.79 Å². The van der Waals surface area contributed by atoms with E-state index in [-0.39, 0.29) is 22.9 Å². The third kappa shape index (κ3) is 2.61. The van der Waals surface area contributed by atoms with E-state index in [1.807, 2.05) is 0 Å². The number of amides is 1. The van der Waals surface area contributed by atoms with E-state index < -0.39 is 0 Å². The Morgan fingerprint density at radius 1 is 1.46 bits per heavy atom. The Morgan fingerprint density at radius 2 is 2.33 bits per heavy atom. The predicted molar refractivity (Wildman–Crippen MR) is 96.6 cm³/mol. The van der Waals surface area contributed by atoms with Crippen LogP contribution in [0.5, 0.6) is 0 Å². The van der Waals surface area contributed by atoms with Crippen molar-refractivity contribution in [3.8, 4) is 0 Å². The van der Waals surface area contributed by atoms with Crippen LogP contribution in [0.15, 0.2) is 29.3 Å². The summed E-state index contributed by atoms with van der Waals surface area (Å²) in [6, 6.07) is 7.17. The summed E-state index contributed by atoms with van der Waals surface area (Å²) in [5, 5.41) is 4.40. The molecule has 0 aromatic heterocycles. The van der Waals surface area contributed by atoms with Crippen molar-refractivity contribution >= 4 is 34.4 Å². The van der Waals surface area contributed by atoms with Crippen LogP contribution in [-0.4, -0.2) is 41.6 Å². The summed E-state index contributed by atoms with van der Waals surface area (Å²) in [7, 11) is 0. The van der Waals surface area contributed by atoms with Crippen LogP contribution in [0.1, 0.15) is 29.6 Å². The lowest BCUT2D eigenvalue weighted by Crippen LogP contribution is -2.58. The number of amidine groups is 1. The minimum Gasteiger partial charge on any atom is -0.379 e. The molecule has 0 spiro atoms. The molecule has 3 N–H and O–H groups in total. The van der Waals surface area contributed by atoms with Gasteiger partial charge in [0, 0.05) is 27.8 Å². The summed E-state index contributed by atoms with van der Waals surface area (Å²) in [5.74, 6) is 0.836. The molecule has 3 aliphatic rings. The minimum absolute atomic E-state index is 0.0228. The predicted octanol–water partition coefficient (Wildman–Crippen LogP) is 2.44. The second-order valence-electron chi connectivity index (χ2n) is 6.97. The highest BCUT2D eigenvalue weighted by molar-refractivity contribution is 8.13. The number of carbonyl (C=O) groups is 1. The number of ether oxygens (including phenoxy) is 1. The number of nitrogens with zero attached hydrogens (tertiary/aromatic N) is 1. The van der Waals surface area contributed by atoms with E-state index in [4.69, 9.17) is 27.1 Å². The van der Waals surface area contributed by atoms with Gasteiger partial charge in [-0.25, -0.2) is 0 Å². The molecule has 2 aliphatic heterocycles. The maximum Gasteiger partial charge on any atom is 0.251 e. The van der Waals surface area contributed by atoms with Crippen molar-refractivity contribution in [2.45, 2.75) is 30.8 Å². The monoisotopic (exact) mass is 365 g/mol. The van der Waals surface area contributed by atoms with E-state index in [1.54, 1.807) is 36.0 Å². The highest BCUT2D eigenvalue weighted by Crippen LogP contribution is 2.55. The summed E-state index contributed by atoms with van der Waals surface area (Å²) in [5.41, 5.74) is 6.35. The molecule has 0 radical (unpaired) electrons. The number of nitrogens with two attached hydrogens (primary N) is 1. The zero-order valence-corrected chi connectivity index (χ0v) is 14.8. The van der Waals surface area contributed by atoms with Crippen LogP contribution >= 0.6 is 23.4 Å². The average molecular weight is 366 g/mol. The van der Waals surface area contributed by atoms with Gasteiger partial charge in [0.25, 0.3) is 5.91 Å². The first-order valence-corrected chi connectivity index (χ1v) is 9.51. The first-order chi connectivity index (χ1) is 11.5. The second kappa shape index (κ2) is 5.93. The van der Waals surface area contributed by atoms with Crippen molar-refractivity contribution in [2.75, 3.05) is 19.0 Å². The lowest BCUT2D eigenvalue weighted by Gasteiger charge is -2.50. The first kappa shape index (κ1) is 16.2. The van der Waals surface area contributed by atoms with Gasteiger partial charge in [-0.2, -0.15) is 0 Å². The van der Waals surface area contributed by atoms with Gasteiger partial charge in [0.1, 0.15) is 0 Å². The fraction of sp³-hybridized carbons (Fsp3) is 0.529. The Labute approximate surface area is 150 Å². The number of aliphatic imine (C=N–C) groups is 1. The lowest BCUT2D eigenvalue weighted by atomic mass is 9.62. The molecule has 128 valence electrons. The maximum absolute atomic E-state index is 12.5. The molecular formula is C17H20ClN3O2S. The SMILES string of the molecule is NC1=N[C@@]23CC[C@@H](NC(=O)c4cccc(Cl)c4)C[C@@]2(COC3)CS1. The van der Waals surface area contributed by atoms with Crippen molar-refractivity contribution in [1.82, 2.24) is 5.32 Å². The molecule has 1 saturated heterocycles. The van der Waals surface area contributed by atoms with Crippen molar-refractivity contribution < 1.29 is 9.53 Å². The number of benzene rings is 1. The average Bonchev–Trinajstić information content (AvgIpc) is 2.93. The Kier molecular flexibility index (Phi) is 4.01. The third-order valence-corrected chi connectivity index (χ3v) is 6.81. The largest absolute Gasteiger partial charge is 0.379 e. The Balaban J connectivity index is 1.51. The normalized spacial score (nSPS) is 34.9. The van der Waals surface area contributed by atoms with E-state index in [9.17, 15) is 4.79 Å². The molecule has 1 amide bonds. The zero-order valence-electron chi connectivity index (χ0n) is 13.3. The number of hydrogen-bond donors (Lipinski definition) is 2. The number of thioether (sulfide) groups is 1. The van der Waals surface area contributed by atoms with Gasteiger partial charge >= 0.3 is 0 Å². The van der Waals surface area contributed by atoms with Crippen molar-refractivity contribution in [1.29, 1.82) is 0 Å². The van der Waals surface area contributed by atoms with Gasteiger partial charge in [-0.1, -0.05) is 29.4 Å². The zero-order chi connectivity index (χ0) is 16.8. The Bertz CT molecular complexity index is 713. The van der Waals surface area contributed by atoms with E-state index in [0.29, 0.717) is 29.0 Å². The molecule has 1 aliphatic carbocycles.